The van der Waals surface area contributed by atoms with Crippen LogP contribution in [0.4, 0.5) is 0 Å². The Labute approximate surface area is 101 Å². The third-order valence-electron chi connectivity index (χ3n) is 2.23. The van der Waals surface area contributed by atoms with Crippen LogP contribution in [0.25, 0.3) is 0 Å². The highest BCUT2D eigenvalue weighted by atomic mass is 32.2. The molecule has 0 saturated heterocycles. The van der Waals surface area contributed by atoms with Crippen LogP contribution >= 0.6 is 11.8 Å². The van der Waals surface area contributed by atoms with Crippen molar-refractivity contribution in [3.63, 3.8) is 0 Å². The number of rotatable bonds is 7. The van der Waals surface area contributed by atoms with Crippen LogP contribution in [0.3, 0.4) is 0 Å². The first-order valence-electron chi connectivity index (χ1n) is 5.30. The number of thioether (sulfide) groups is 1. The second-order valence-corrected chi connectivity index (χ2v) is 4.34. The summed E-state index contributed by atoms with van der Waals surface area (Å²) in [5.41, 5.74) is 6.69. The molecule has 2 N–H and O–H groups in total. The van der Waals surface area contributed by atoms with Crippen LogP contribution in [-0.2, 0) is 6.42 Å². The Hall–Kier alpha value is -0.870. The molecule has 1 aromatic carbocycles. The molecule has 0 atom stereocenters. The van der Waals surface area contributed by atoms with Crippen LogP contribution in [0.15, 0.2) is 18.2 Å². The lowest BCUT2D eigenvalue weighted by atomic mass is 10.1. The van der Waals surface area contributed by atoms with Gasteiger partial charge in [0, 0.05) is 5.75 Å². The van der Waals surface area contributed by atoms with Crippen molar-refractivity contribution < 1.29 is 9.47 Å². The summed E-state index contributed by atoms with van der Waals surface area (Å²) >= 11 is 1.77. The van der Waals surface area contributed by atoms with E-state index in [9.17, 15) is 0 Å². The molecule has 0 aliphatic rings. The molecule has 90 valence electrons. The maximum absolute atomic E-state index is 5.70. The van der Waals surface area contributed by atoms with E-state index in [1.807, 2.05) is 18.2 Å². The van der Waals surface area contributed by atoms with Crippen molar-refractivity contribution in [1.82, 2.24) is 0 Å². The Morgan fingerprint density at radius 3 is 2.81 bits per heavy atom. The summed E-state index contributed by atoms with van der Waals surface area (Å²) in [5.74, 6) is 2.76. The van der Waals surface area contributed by atoms with Gasteiger partial charge in [0.15, 0.2) is 0 Å². The van der Waals surface area contributed by atoms with Gasteiger partial charge in [0.2, 0.25) is 0 Å². The summed E-state index contributed by atoms with van der Waals surface area (Å²) in [4.78, 5) is 0. The van der Waals surface area contributed by atoms with Crippen LogP contribution in [0.5, 0.6) is 11.5 Å². The Bertz CT molecular complexity index is 318. The van der Waals surface area contributed by atoms with Gasteiger partial charge in [0.1, 0.15) is 11.5 Å². The molecule has 0 aliphatic carbocycles. The molecular formula is C12H19NO2S. The van der Waals surface area contributed by atoms with Gasteiger partial charge in [0.05, 0.1) is 13.7 Å². The van der Waals surface area contributed by atoms with Gasteiger partial charge in [0.25, 0.3) is 0 Å². The molecule has 1 rings (SSSR count). The molecule has 0 fully saturated rings. The fourth-order valence-corrected chi connectivity index (χ4v) is 1.66. The Balaban J connectivity index is 2.72. The third kappa shape index (κ3) is 3.94. The summed E-state index contributed by atoms with van der Waals surface area (Å²) in [5, 5.41) is 0. The number of benzene rings is 1. The first-order valence-corrected chi connectivity index (χ1v) is 6.70. The van der Waals surface area contributed by atoms with Crippen molar-refractivity contribution in [1.29, 1.82) is 0 Å². The fourth-order valence-electron chi connectivity index (χ4n) is 1.41. The Kier molecular flexibility index (Phi) is 6.11. The smallest absolute Gasteiger partial charge is 0.122 e. The van der Waals surface area contributed by atoms with Gasteiger partial charge in [-0.3, -0.25) is 0 Å². The molecule has 0 heterocycles. The van der Waals surface area contributed by atoms with E-state index in [0.717, 1.165) is 35.8 Å². The monoisotopic (exact) mass is 241 g/mol. The molecular weight excluding hydrogens is 222 g/mol. The molecule has 0 aromatic heterocycles. The fraction of sp³-hybridized carbons (Fsp3) is 0.500. The number of nitrogens with two attached hydrogens (primary N) is 1. The van der Waals surface area contributed by atoms with Crippen molar-refractivity contribution >= 4 is 11.8 Å². The topological polar surface area (TPSA) is 44.5 Å². The standard InChI is InChI=1S/C12H19NO2S/c1-14-11-3-4-12(15-7-8-16-2)10(9-11)5-6-13/h3-4,9H,5-8,13H2,1-2H3. The average molecular weight is 241 g/mol. The lowest BCUT2D eigenvalue weighted by molar-refractivity contribution is 0.338. The molecule has 0 bridgehead atoms. The van der Waals surface area contributed by atoms with Gasteiger partial charge in [-0.2, -0.15) is 11.8 Å². The van der Waals surface area contributed by atoms with Crippen molar-refractivity contribution in [2.45, 2.75) is 6.42 Å². The van der Waals surface area contributed by atoms with Crippen molar-refractivity contribution in [2.24, 2.45) is 5.73 Å². The summed E-state index contributed by atoms with van der Waals surface area (Å²) in [7, 11) is 1.66. The van der Waals surface area contributed by atoms with Crippen LogP contribution in [0, 0.1) is 0 Å². The average Bonchev–Trinajstić information content (AvgIpc) is 2.31. The van der Waals surface area contributed by atoms with Crippen LogP contribution in [-0.4, -0.2) is 32.3 Å². The SMILES string of the molecule is COc1ccc(OCCSC)c(CCN)c1. The molecule has 0 radical (unpaired) electrons. The Morgan fingerprint density at radius 1 is 1.38 bits per heavy atom. The van der Waals surface area contributed by atoms with Gasteiger partial charge in [-0.15, -0.1) is 0 Å². The molecule has 3 nitrogen and oxygen atoms in total. The van der Waals surface area contributed by atoms with Crippen LogP contribution < -0.4 is 15.2 Å². The molecule has 1 aromatic rings. The summed E-state index contributed by atoms with van der Waals surface area (Å²) in [6.45, 7) is 1.34. The highest BCUT2D eigenvalue weighted by molar-refractivity contribution is 7.98. The molecule has 0 amide bonds. The van der Waals surface area contributed by atoms with Gasteiger partial charge in [-0.25, -0.2) is 0 Å². The first-order chi connectivity index (χ1) is 7.81. The second kappa shape index (κ2) is 7.41. The molecule has 0 aliphatic heterocycles. The molecule has 0 spiro atoms. The molecule has 16 heavy (non-hydrogen) atoms. The molecule has 4 heteroatoms. The third-order valence-corrected chi connectivity index (χ3v) is 2.80. The zero-order valence-electron chi connectivity index (χ0n) is 9.86. The number of hydrogen-bond donors (Lipinski definition) is 1. The van der Waals surface area contributed by atoms with Gasteiger partial charge < -0.3 is 15.2 Å². The predicted octanol–water partition coefficient (Wildman–Crippen LogP) is 1.94. The van der Waals surface area contributed by atoms with E-state index >= 15 is 0 Å². The molecule has 0 saturated carbocycles. The van der Waals surface area contributed by atoms with Gasteiger partial charge in [-0.05, 0) is 43.0 Å². The predicted molar refractivity (Wildman–Crippen MR) is 69.6 cm³/mol. The highest BCUT2D eigenvalue weighted by Gasteiger charge is 2.04. The lowest BCUT2D eigenvalue weighted by Gasteiger charge is -2.12. The van der Waals surface area contributed by atoms with E-state index in [0.29, 0.717) is 6.54 Å². The highest BCUT2D eigenvalue weighted by Crippen LogP contribution is 2.24. The summed E-state index contributed by atoms with van der Waals surface area (Å²) in [6.07, 6.45) is 2.88. The van der Waals surface area contributed by atoms with Crippen LogP contribution in [0.1, 0.15) is 5.56 Å². The van der Waals surface area contributed by atoms with Crippen LogP contribution in [0.2, 0.25) is 0 Å². The minimum Gasteiger partial charge on any atom is -0.497 e. The van der Waals surface area contributed by atoms with Crippen molar-refractivity contribution in [3.05, 3.63) is 23.8 Å². The quantitative estimate of drug-likeness (QED) is 0.741. The molecule has 0 unspecified atom stereocenters. The number of methoxy groups -OCH3 is 1. The van der Waals surface area contributed by atoms with E-state index in [2.05, 4.69) is 6.26 Å². The minimum absolute atomic E-state index is 0.617. The lowest BCUT2D eigenvalue weighted by Crippen LogP contribution is -2.07. The maximum atomic E-state index is 5.70. The van der Waals surface area contributed by atoms with Gasteiger partial charge >= 0.3 is 0 Å². The largest absolute Gasteiger partial charge is 0.497 e. The van der Waals surface area contributed by atoms with E-state index in [1.165, 1.54) is 0 Å². The van der Waals surface area contributed by atoms with E-state index in [1.54, 1.807) is 18.9 Å². The Morgan fingerprint density at radius 2 is 2.19 bits per heavy atom. The van der Waals surface area contributed by atoms with E-state index in [-0.39, 0.29) is 0 Å². The normalized spacial score (nSPS) is 10.2. The zero-order chi connectivity index (χ0) is 11.8. The number of ether oxygens (including phenoxy) is 2. The first kappa shape index (κ1) is 13.2. The number of hydrogen-bond acceptors (Lipinski definition) is 4. The zero-order valence-corrected chi connectivity index (χ0v) is 10.7. The van der Waals surface area contributed by atoms with Gasteiger partial charge in [-0.1, -0.05) is 0 Å². The summed E-state index contributed by atoms with van der Waals surface area (Å²) in [6, 6.07) is 5.85. The van der Waals surface area contributed by atoms with E-state index in [4.69, 9.17) is 15.2 Å². The maximum Gasteiger partial charge on any atom is 0.122 e. The minimum atomic E-state index is 0.617. The van der Waals surface area contributed by atoms with E-state index < -0.39 is 0 Å². The summed E-state index contributed by atoms with van der Waals surface area (Å²) < 4.78 is 10.9. The van der Waals surface area contributed by atoms with Crippen molar-refractivity contribution in [3.8, 4) is 11.5 Å². The second-order valence-electron chi connectivity index (χ2n) is 3.35. The van der Waals surface area contributed by atoms with Crippen molar-refractivity contribution in [2.75, 3.05) is 32.3 Å².